The number of hydrogen-bond acceptors (Lipinski definition) is 3. The van der Waals surface area contributed by atoms with Gasteiger partial charge in [0, 0.05) is 22.4 Å². The first kappa shape index (κ1) is 14.1. The van der Waals surface area contributed by atoms with Gasteiger partial charge in [-0.3, -0.25) is 9.59 Å². The quantitative estimate of drug-likeness (QED) is 0.830. The molecule has 0 aromatic carbocycles. The molecule has 4 nitrogen and oxygen atoms in total. The molecular formula is C14H20N2O2S. The average molecular weight is 280 g/mol. The zero-order valence-electron chi connectivity index (χ0n) is 11.6. The SMILES string of the molecule is CC(C)(C)NC(=O)C(=O)NCC1(c2cccs2)CC1. The van der Waals surface area contributed by atoms with E-state index in [0.717, 1.165) is 12.8 Å². The van der Waals surface area contributed by atoms with Crippen LogP contribution in [0.2, 0.25) is 0 Å². The Morgan fingerprint density at radius 3 is 2.47 bits per heavy atom. The molecule has 0 atom stereocenters. The largest absolute Gasteiger partial charge is 0.347 e. The lowest BCUT2D eigenvalue weighted by atomic mass is 10.1. The van der Waals surface area contributed by atoms with Crippen LogP contribution in [0.5, 0.6) is 0 Å². The molecule has 1 heterocycles. The third-order valence-electron chi connectivity index (χ3n) is 3.18. The third kappa shape index (κ3) is 3.56. The Morgan fingerprint density at radius 2 is 2.00 bits per heavy atom. The summed E-state index contributed by atoms with van der Waals surface area (Å²) in [6.45, 7) is 6.11. The van der Waals surface area contributed by atoms with Crippen molar-refractivity contribution >= 4 is 23.2 Å². The Labute approximate surface area is 117 Å². The third-order valence-corrected chi connectivity index (χ3v) is 4.30. The summed E-state index contributed by atoms with van der Waals surface area (Å²) in [6.07, 6.45) is 2.16. The molecule has 1 aromatic rings. The van der Waals surface area contributed by atoms with Crippen LogP contribution in [0, 0.1) is 0 Å². The van der Waals surface area contributed by atoms with Crippen molar-refractivity contribution in [3.63, 3.8) is 0 Å². The number of carbonyl (C=O) groups is 2. The summed E-state index contributed by atoms with van der Waals surface area (Å²) in [5.74, 6) is -1.10. The normalized spacial score (nSPS) is 16.8. The van der Waals surface area contributed by atoms with Crippen LogP contribution < -0.4 is 10.6 Å². The van der Waals surface area contributed by atoms with Gasteiger partial charge in [-0.15, -0.1) is 11.3 Å². The van der Waals surface area contributed by atoms with Crippen LogP contribution in [0.4, 0.5) is 0 Å². The van der Waals surface area contributed by atoms with E-state index in [1.165, 1.54) is 4.88 Å². The molecule has 1 aromatic heterocycles. The van der Waals surface area contributed by atoms with Gasteiger partial charge in [0.15, 0.2) is 0 Å². The fourth-order valence-corrected chi connectivity index (χ4v) is 2.96. The maximum Gasteiger partial charge on any atom is 0.309 e. The highest BCUT2D eigenvalue weighted by atomic mass is 32.1. The highest BCUT2D eigenvalue weighted by molar-refractivity contribution is 7.10. The Kier molecular flexibility index (Phi) is 3.67. The van der Waals surface area contributed by atoms with Crippen LogP contribution in [0.1, 0.15) is 38.5 Å². The van der Waals surface area contributed by atoms with E-state index in [1.807, 2.05) is 32.2 Å². The minimum Gasteiger partial charge on any atom is -0.347 e. The van der Waals surface area contributed by atoms with Gasteiger partial charge in [0.2, 0.25) is 0 Å². The molecule has 1 saturated carbocycles. The molecule has 19 heavy (non-hydrogen) atoms. The molecule has 0 bridgehead atoms. The number of hydrogen-bond donors (Lipinski definition) is 2. The van der Waals surface area contributed by atoms with Crippen LogP contribution >= 0.6 is 11.3 Å². The minimum atomic E-state index is -0.561. The zero-order chi connectivity index (χ0) is 14.1. The van der Waals surface area contributed by atoms with E-state index < -0.39 is 11.8 Å². The van der Waals surface area contributed by atoms with Gasteiger partial charge in [0.25, 0.3) is 0 Å². The second-order valence-electron chi connectivity index (χ2n) is 6.14. The molecule has 0 saturated heterocycles. The van der Waals surface area contributed by atoms with Crippen LogP contribution in [0.3, 0.4) is 0 Å². The molecule has 1 fully saturated rings. The fraction of sp³-hybridized carbons (Fsp3) is 0.571. The van der Waals surface area contributed by atoms with Crippen molar-refractivity contribution < 1.29 is 9.59 Å². The van der Waals surface area contributed by atoms with Gasteiger partial charge in [-0.25, -0.2) is 0 Å². The van der Waals surface area contributed by atoms with E-state index in [1.54, 1.807) is 11.3 Å². The summed E-state index contributed by atoms with van der Waals surface area (Å²) < 4.78 is 0. The number of thiophene rings is 1. The topological polar surface area (TPSA) is 58.2 Å². The van der Waals surface area contributed by atoms with Crippen molar-refractivity contribution in [2.75, 3.05) is 6.54 Å². The monoisotopic (exact) mass is 280 g/mol. The summed E-state index contributed by atoms with van der Waals surface area (Å²) in [4.78, 5) is 24.7. The smallest absolute Gasteiger partial charge is 0.309 e. The van der Waals surface area contributed by atoms with Crippen molar-refractivity contribution in [2.24, 2.45) is 0 Å². The first-order chi connectivity index (χ1) is 8.82. The molecule has 0 aliphatic heterocycles. The molecule has 2 rings (SSSR count). The van der Waals surface area contributed by atoms with Crippen LogP contribution in [0.15, 0.2) is 17.5 Å². The fourth-order valence-electron chi connectivity index (χ4n) is 1.97. The van der Waals surface area contributed by atoms with Crippen LogP contribution in [-0.4, -0.2) is 23.9 Å². The van der Waals surface area contributed by atoms with Crippen molar-refractivity contribution in [3.05, 3.63) is 22.4 Å². The van der Waals surface area contributed by atoms with E-state index in [9.17, 15) is 9.59 Å². The Hall–Kier alpha value is -1.36. The van der Waals surface area contributed by atoms with Crippen molar-refractivity contribution in [1.82, 2.24) is 10.6 Å². The summed E-state index contributed by atoms with van der Waals surface area (Å²) in [5.41, 5.74) is -0.314. The molecular weight excluding hydrogens is 260 g/mol. The lowest BCUT2D eigenvalue weighted by Gasteiger charge is -2.20. The lowest BCUT2D eigenvalue weighted by Crippen LogP contribution is -2.49. The lowest BCUT2D eigenvalue weighted by molar-refractivity contribution is -0.140. The molecule has 0 spiro atoms. The van der Waals surface area contributed by atoms with Gasteiger partial charge in [-0.1, -0.05) is 6.07 Å². The predicted molar refractivity (Wildman–Crippen MR) is 76.1 cm³/mol. The molecule has 5 heteroatoms. The maximum atomic E-state index is 11.7. The Balaban J connectivity index is 1.86. The number of carbonyl (C=O) groups excluding carboxylic acids is 2. The van der Waals surface area contributed by atoms with Crippen LogP contribution in [0.25, 0.3) is 0 Å². The van der Waals surface area contributed by atoms with Gasteiger partial charge in [-0.2, -0.15) is 0 Å². The highest BCUT2D eigenvalue weighted by Crippen LogP contribution is 2.49. The van der Waals surface area contributed by atoms with Crippen molar-refractivity contribution in [2.45, 2.75) is 44.6 Å². The molecule has 1 aliphatic carbocycles. The van der Waals surface area contributed by atoms with Gasteiger partial charge < -0.3 is 10.6 Å². The van der Waals surface area contributed by atoms with Crippen LogP contribution in [-0.2, 0) is 15.0 Å². The first-order valence-corrected chi connectivity index (χ1v) is 7.35. The van der Waals surface area contributed by atoms with E-state index in [4.69, 9.17) is 0 Å². The van der Waals surface area contributed by atoms with Gasteiger partial charge in [0.05, 0.1) is 0 Å². The number of rotatable bonds is 3. The Bertz CT molecular complexity index is 470. The van der Waals surface area contributed by atoms with Gasteiger partial charge >= 0.3 is 11.8 Å². The van der Waals surface area contributed by atoms with E-state index in [-0.39, 0.29) is 11.0 Å². The Morgan fingerprint density at radius 1 is 1.32 bits per heavy atom. The molecule has 0 unspecified atom stereocenters. The molecule has 2 N–H and O–H groups in total. The van der Waals surface area contributed by atoms with Crippen molar-refractivity contribution in [1.29, 1.82) is 0 Å². The van der Waals surface area contributed by atoms with E-state index >= 15 is 0 Å². The van der Waals surface area contributed by atoms with Gasteiger partial charge in [0.1, 0.15) is 0 Å². The average Bonchev–Trinajstić information content (AvgIpc) is 2.87. The molecule has 0 radical (unpaired) electrons. The maximum absolute atomic E-state index is 11.7. The van der Waals surface area contributed by atoms with E-state index in [2.05, 4.69) is 16.7 Å². The second-order valence-corrected chi connectivity index (χ2v) is 7.09. The van der Waals surface area contributed by atoms with Gasteiger partial charge in [-0.05, 0) is 45.1 Å². The zero-order valence-corrected chi connectivity index (χ0v) is 12.4. The molecule has 104 valence electrons. The minimum absolute atomic E-state index is 0.0752. The number of amides is 2. The highest BCUT2D eigenvalue weighted by Gasteiger charge is 2.45. The van der Waals surface area contributed by atoms with Crippen molar-refractivity contribution in [3.8, 4) is 0 Å². The predicted octanol–water partition coefficient (Wildman–Crippen LogP) is 1.81. The van der Waals surface area contributed by atoms with E-state index in [0.29, 0.717) is 6.54 Å². The first-order valence-electron chi connectivity index (χ1n) is 6.47. The summed E-state index contributed by atoms with van der Waals surface area (Å²) in [7, 11) is 0. The summed E-state index contributed by atoms with van der Waals surface area (Å²) >= 11 is 1.71. The molecule has 2 amide bonds. The second kappa shape index (κ2) is 4.96. The number of nitrogens with one attached hydrogen (secondary N) is 2. The summed E-state index contributed by atoms with van der Waals surface area (Å²) in [6, 6.07) is 4.12. The standard InChI is InChI=1S/C14H20N2O2S/c1-13(2,3)16-12(18)11(17)15-9-14(6-7-14)10-5-4-8-19-10/h4-5,8H,6-7,9H2,1-3H3,(H,15,17)(H,16,18). The summed E-state index contributed by atoms with van der Waals surface area (Å²) in [5, 5.41) is 7.46. The molecule has 1 aliphatic rings.